The van der Waals surface area contributed by atoms with Gasteiger partial charge < -0.3 is 9.88 Å². The number of hydrogen-bond donors (Lipinski definition) is 1. The summed E-state index contributed by atoms with van der Waals surface area (Å²) in [7, 11) is 1.94. The molecule has 1 N–H and O–H groups in total. The molecule has 0 saturated heterocycles. The Balaban J connectivity index is 0.000000720. The van der Waals surface area contributed by atoms with Crippen LogP contribution in [0.25, 0.3) is 0 Å². The molecule has 3 nitrogen and oxygen atoms in total. The van der Waals surface area contributed by atoms with Crippen molar-refractivity contribution >= 4 is 24.8 Å². The third-order valence-corrected chi connectivity index (χ3v) is 1.98. The Morgan fingerprint density at radius 1 is 1.54 bits per heavy atom. The molecule has 0 spiro atoms. The first-order chi connectivity index (χ1) is 5.40. The van der Waals surface area contributed by atoms with E-state index in [9.17, 15) is 0 Å². The summed E-state index contributed by atoms with van der Waals surface area (Å²) in [6, 6.07) is 0.758. The van der Waals surface area contributed by atoms with Crippen LogP contribution in [0, 0.1) is 0 Å². The zero-order valence-electron chi connectivity index (χ0n) is 7.56. The fourth-order valence-electron chi connectivity index (χ4n) is 1.22. The number of hydrogen-bond acceptors (Lipinski definition) is 2. The second-order valence-corrected chi connectivity index (χ2v) is 3.07. The normalized spacial score (nSPS) is 14.5. The summed E-state index contributed by atoms with van der Waals surface area (Å²) in [5.74, 6) is 0. The van der Waals surface area contributed by atoms with Gasteiger partial charge in [0.2, 0.25) is 0 Å². The summed E-state index contributed by atoms with van der Waals surface area (Å²) in [6.45, 7) is 0.875. The number of halogens is 2. The molecule has 76 valence electrons. The molecule has 0 amide bonds. The van der Waals surface area contributed by atoms with Crippen molar-refractivity contribution in [3.63, 3.8) is 0 Å². The molecule has 0 radical (unpaired) electrons. The van der Waals surface area contributed by atoms with Crippen LogP contribution in [0.4, 0.5) is 0 Å². The molecule has 1 aliphatic carbocycles. The zero-order valence-corrected chi connectivity index (χ0v) is 9.20. The SMILES string of the molecule is CNCc1cn(C2CC2)cn1.Cl.Cl. The van der Waals surface area contributed by atoms with E-state index in [4.69, 9.17) is 0 Å². The zero-order chi connectivity index (χ0) is 7.68. The molecule has 5 heteroatoms. The van der Waals surface area contributed by atoms with E-state index in [1.165, 1.54) is 12.8 Å². The minimum Gasteiger partial charge on any atom is -0.334 e. The predicted octanol–water partition coefficient (Wildman–Crippen LogP) is 1.78. The Hall–Kier alpha value is -0.250. The first-order valence-electron chi connectivity index (χ1n) is 4.07. The lowest BCUT2D eigenvalue weighted by Crippen LogP contribution is -2.04. The highest BCUT2D eigenvalue weighted by molar-refractivity contribution is 5.85. The van der Waals surface area contributed by atoms with Crippen molar-refractivity contribution in [1.29, 1.82) is 0 Å². The number of rotatable bonds is 3. The Morgan fingerprint density at radius 2 is 2.23 bits per heavy atom. The fourth-order valence-corrected chi connectivity index (χ4v) is 1.22. The number of nitrogens with zero attached hydrogens (tertiary/aromatic N) is 2. The largest absolute Gasteiger partial charge is 0.334 e. The van der Waals surface area contributed by atoms with Gasteiger partial charge in [0.25, 0.3) is 0 Å². The van der Waals surface area contributed by atoms with Crippen molar-refractivity contribution in [2.45, 2.75) is 25.4 Å². The molecule has 0 unspecified atom stereocenters. The Morgan fingerprint density at radius 3 is 2.77 bits per heavy atom. The minimum absolute atomic E-state index is 0. The van der Waals surface area contributed by atoms with Gasteiger partial charge in [-0.15, -0.1) is 24.8 Å². The molecule has 1 heterocycles. The fraction of sp³-hybridized carbons (Fsp3) is 0.625. The highest BCUT2D eigenvalue weighted by atomic mass is 35.5. The van der Waals surface area contributed by atoms with Crippen LogP contribution in [0.2, 0.25) is 0 Å². The molecule has 1 aromatic heterocycles. The lowest BCUT2D eigenvalue weighted by molar-refractivity contribution is 0.736. The molecule has 1 saturated carbocycles. The van der Waals surface area contributed by atoms with Gasteiger partial charge in [0.05, 0.1) is 12.0 Å². The van der Waals surface area contributed by atoms with E-state index in [0.29, 0.717) is 0 Å². The van der Waals surface area contributed by atoms with E-state index in [-0.39, 0.29) is 24.8 Å². The number of aromatic nitrogens is 2. The van der Waals surface area contributed by atoms with E-state index in [2.05, 4.69) is 21.1 Å². The summed E-state index contributed by atoms with van der Waals surface area (Å²) >= 11 is 0. The summed E-state index contributed by atoms with van der Waals surface area (Å²) in [5.41, 5.74) is 1.14. The number of imidazole rings is 1. The van der Waals surface area contributed by atoms with Gasteiger partial charge in [0.1, 0.15) is 0 Å². The maximum atomic E-state index is 4.27. The molecule has 0 aromatic carbocycles. The van der Waals surface area contributed by atoms with Gasteiger partial charge in [-0.3, -0.25) is 0 Å². The van der Waals surface area contributed by atoms with E-state index >= 15 is 0 Å². The second-order valence-electron chi connectivity index (χ2n) is 3.07. The van der Waals surface area contributed by atoms with Gasteiger partial charge in [-0.05, 0) is 19.9 Å². The average molecular weight is 224 g/mol. The van der Waals surface area contributed by atoms with Crippen LogP contribution in [0.15, 0.2) is 12.5 Å². The van der Waals surface area contributed by atoms with E-state index in [0.717, 1.165) is 18.3 Å². The van der Waals surface area contributed by atoms with Crippen LogP contribution < -0.4 is 5.32 Å². The van der Waals surface area contributed by atoms with E-state index in [1.807, 2.05) is 13.4 Å². The van der Waals surface area contributed by atoms with Crippen molar-refractivity contribution in [1.82, 2.24) is 14.9 Å². The van der Waals surface area contributed by atoms with Gasteiger partial charge in [-0.1, -0.05) is 0 Å². The Kier molecular flexibility index (Phi) is 5.37. The van der Waals surface area contributed by atoms with E-state index < -0.39 is 0 Å². The standard InChI is InChI=1S/C8H13N3.2ClH/c1-9-4-7-5-11(6-10-7)8-2-3-8;;/h5-6,8-9H,2-4H2,1H3;2*1H. The van der Waals surface area contributed by atoms with Crippen LogP contribution in [0.3, 0.4) is 0 Å². The highest BCUT2D eigenvalue weighted by Crippen LogP contribution is 2.34. The quantitative estimate of drug-likeness (QED) is 0.848. The molecule has 13 heavy (non-hydrogen) atoms. The predicted molar refractivity (Wildman–Crippen MR) is 57.8 cm³/mol. The molecular weight excluding hydrogens is 209 g/mol. The first-order valence-corrected chi connectivity index (χ1v) is 4.07. The maximum absolute atomic E-state index is 4.27. The first kappa shape index (κ1) is 12.8. The summed E-state index contributed by atoms with van der Waals surface area (Å²) in [6.07, 6.45) is 6.73. The summed E-state index contributed by atoms with van der Waals surface area (Å²) in [5, 5.41) is 3.08. The molecule has 1 fully saturated rings. The maximum Gasteiger partial charge on any atom is 0.0952 e. The molecular formula is C8H15Cl2N3. The Labute approximate surface area is 90.7 Å². The van der Waals surface area contributed by atoms with Crippen LogP contribution in [0.5, 0.6) is 0 Å². The van der Waals surface area contributed by atoms with Crippen molar-refractivity contribution in [3.05, 3.63) is 18.2 Å². The lowest BCUT2D eigenvalue weighted by Gasteiger charge is -1.94. The van der Waals surface area contributed by atoms with Crippen LogP contribution in [0.1, 0.15) is 24.6 Å². The number of nitrogens with one attached hydrogen (secondary N) is 1. The van der Waals surface area contributed by atoms with Gasteiger partial charge >= 0.3 is 0 Å². The summed E-state index contributed by atoms with van der Waals surface area (Å²) < 4.78 is 2.21. The van der Waals surface area contributed by atoms with Crippen molar-refractivity contribution in [2.24, 2.45) is 0 Å². The third-order valence-electron chi connectivity index (χ3n) is 1.98. The molecule has 2 rings (SSSR count). The average Bonchev–Trinajstić information content (AvgIpc) is 2.75. The van der Waals surface area contributed by atoms with Crippen LogP contribution in [-0.4, -0.2) is 16.6 Å². The molecule has 0 aliphatic heterocycles. The third kappa shape index (κ3) is 3.18. The van der Waals surface area contributed by atoms with Gasteiger partial charge in [-0.2, -0.15) is 0 Å². The topological polar surface area (TPSA) is 29.9 Å². The Bertz CT molecular complexity index is 245. The van der Waals surface area contributed by atoms with Crippen molar-refractivity contribution in [2.75, 3.05) is 7.05 Å². The van der Waals surface area contributed by atoms with E-state index in [1.54, 1.807) is 0 Å². The van der Waals surface area contributed by atoms with Gasteiger partial charge in [0, 0.05) is 18.8 Å². The van der Waals surface area contributed by atoms with Gasteiger partial charge in [-0.25, -0.2) is 4.98 Å². The molecule has 0 bridgehead atoms. The van der Waals surface area contributed by atoms with Crippen LogP contribution >= 0.6 is 24.8 Å². The van der Waals surface area contributed by atoms with Crippen molar-refractivity contribution < 1.29 is 0 Å². The minimum atomic E-state index is 0. The molecule has 0 atom stereocenters. The van der Waals surface area contributed by atoms with Crippen LogP contribution in [-0.2, 0) is 6.54 Å². The summed E-state index contributed by atoms with van der Waals surface area (Å²) in [4.78, 5) is 4.27. The second kappa shape index (κ2) is 5.47. The van der Waals surface area contributed by atoms with Gasteiger partial charge in [0.15, 0.2) is 0 Å². The van der Waals surface area contributed by atoms with Crippen molar-refractivity contribution in [3.8, 4) is 0 Å². The smallest absolute Gasteiger partial charge is 0.0952 e. The molecule has 1 aromatic rings. The highest BCUT2D eigenvalue weighted by Gasteiger charge is 2.22. The monoisotopic (exact) mass is 223 g/mol. The lowest BCUT2D eigenvalue weighted by atomic mass is 10.5. The molecule has 1 aliphatic rings.